The lowest BCUT2D eigenvalue weighted by molar-refractivity contribution is -0.197. The molecular weight excluding hydrogens is 378 g/mol. The van der Waals surface area contributed by atoms with Crippen molar-refractivity contribution < 1.29 is 14.4 Å². The molecule has 146 valence electrons. The van der Waals surface area contributed by atoms with E-state index < -0.39 is 5.54 Å². The number of thiocarbonyl (C=S) groups is 1. The van der Waals surface area contributed by atoms with Gasteiger partial charge in [0.15, 0.2) is 0 Å². The molecule has 0 saturated carbocycles. The minimum absolute atomic E-state index is 0.226. The molecule has 0 N–H and O–H groups in total. The van der Waals surface area contributed by atoms with Crippen LogP contribution < -0.4 is 0 Å². The number of carbonyl (C=O) groups excluding carboxylic acids is 1. The number of carbonyl (C=O) groups is 1. The Hall–Kier alpha value is -1.63. The largest absolute Gasteiger partial charge is 0.441 e. The van der Waals surface area contributed by atoms with Crippen molar-refractivity contribution in [1.82, 2.24) is 5.06 Å². The molecule has 1 aliphatic heterocycles. The minimum atomic E-state index is -0.794. The predicted molar refractivity (Wildman–Crippen MR) is 116 cm³/mol. The van der Waals surface area contributed by atoms with Crippen molar-refractivity contribution in [3.8, 4) is 0 Å². The Morgan fingerprint density at radius 2 is 1.89 bits per heavy atom. The van der Waals surface area contributed by atoms with Gasteiger partial charge in [-0.2, -0.15) is 0 Å². The molecule has 27 heavy (non-hydrogen) atoms. The fraction of sp³-hybridized carbons (Fsp3) is 0.429. The SMILES string of the molecule is C=CCON1C(=O)C(c2c(C)cc(C)cc2C)=C(OC(=S)SCC)C1(C)C. The molecule has 0 spiro atoms. The van der Waals surface area contributed by atoms with Crippen LogP contribution in [0.3, 0.4) is 0 Å². The van der Waals surface area contributed by atoms with E-state index in [0.29, 0.717) is 15.7 Å². The van der Waals surface area contributed by atoms with Gasteiger partial charge in [0.2, 0.25) is 4.38 Å². The second-order valence-electron chi connectivity index (χ2n) is 7.01. The van der Waals surface area contributed by atoms with E-state index in [1.807, 2.05) is 41.5 Å². The van der Waals surface area contributed by atoms with E-state index in [1.165, 1.54) is 16.8 Å². The highest BCUT2D eigenvalue weighted by atomic mass is 32.2. The van der Waals surface area contributed by atoms with Crippen LogP contribution >= 0.6 is 24.0 Å². The summed E-state index contributed by atoms with van der Waals surface area (Å²) >= 11 is 6.80. The molecule has 0 radical (unpaired) electrons. The van der Waals surface area contributed by atoms with Crippen LogP contribution in [-0.4, -0.2) is 33.3 Å². The lowest BCUT2D eigenvalue weighted by Crippen LogP contribution is -2.44. The molecule has 2 rings (SSSR count). The Morgan fingerprint density at radius 3 is 2.41 bits per heavy atom. The number of nitrogens with zero attached hydrogens (tertiary/aromatic N) is 1. The molecule has 0 bridgehead atoms. The van der Waals surface area contributed by atoms with Crippen LogP contribution in [0.5, 0.6) is 0 Å². The summed E-state index contributed by atoms with van der Waals surface area (Å²) in [6.07, 6.45) is 1.61. The summed E-state index contributed by atoms with van der Waals surface area (Å²) in [5.74, 6) is 1.10. The monoisotopic (exact) mass is 405 g/mol. The minimum Gasteiger partial charge on any atom is -0.441 e. The smallest absolute Gasteiger partial charge is 0.282 e. The van der Waals surface area contributed by atoms with Gasteiger partial charge in [-0.25, -0.2) is 5.06 Å². The van der Waals surface area contributed by atoms with E-state index in [2.05, 4.69) is 18.7 Å². The summed E-state index contributed by atoms with van der Waals surface area (Å²) in [5.41, 5.74) is 3.79. The van der Waals surface area contributed by atoms with Crippen LogP contribution in [0.2, 0.25) is 0 Å². The summed E-state index contributed by atoms with van der Waals surface area (Å²) in [6, 6.07) is 4.14. The molecule has 1 aromatic carbocycles. The van der Waals surface area contributed by atoms with E-state index in [1.54, 1.807) is 6.08 Å². The second kappa shape index (κ2) is 8.59. The highest BCUT2D eigenvalue weighted by Crippen LogP contribution is 2.43. The fourth-order valence-corrected chi connectivity index (χ4v) is 4.21. The molecule has 0 aromatic heterocycles. The molecule has 0 fully saturated rings. The molecule has 1 amide bonds. The van der Waals surface area contributed by atoms with Crippen LogP contribution in [-0.2, 0) is 14.4 Å². The van der Waals surface area contributed by atoms with Gasteiger partial charge >= 0.3 is 0 Å². The van der Waals surface area contributed by atoms with Crippen molar-refractivity contribution in [2.75, 3.05) is 12.4 Å². The summed E-state index contributed by atoms with van der Waals surface area (Å²) in [6.45, 7) is 15.8. The van der Waals surface area contributed by atoms with Crippen molar-refractivity contribution in [3.63, 3.8) is 0 Å². The van der Waals surface area contributed by atoms with Crippen LogP contribution in [0.4, 0.5) is 0 Å². The molecule has 1 heterocycles. The van der Waals surface area contributed by atoms with Gasteiger partial charge in [0.25, 0.3) is 5.91 Å². The van der Waals surface area contributed by atoms with Gasteiger partial charge in [0, 0.05) is 0 Å². The first-order valence-corrected chi connectivity index (χ1v) is 10.3. The first-order chi connectivity index (χ1) is 12.6. The molecular formula is C21H27NO3S2. The Labute approximate surface area is 171 Å². The zero-order valence-corrected chi connectivity index (χ0v) is 18.5. The average Bonchev–Trinajstić information content (AvgIpc) is 2.72. The maximum absolute atomic E-state index is 13.3. The predicted octanol–water partition coefficient (Wildman–Crippen LogP) is 5.12. The van der Waals surface area contributed by atoms with E-state index in [4.69, 9.17) is 21.8 Å². The van der Waals surface area contributed by atoms with E-state index in [-0.39, 0.29) is 12.5 Å². The summed E-state index contributed by atoms with van der Waals surface area (Å²) in [5, 5.41) is 1.37. The highest BCUT2D eigenvalue weighted by Gasteiger charge is 2.49. The summed E-state index contributed by atoms with van der Waals surface area (Å²) < 4.78 is 6.46. The maximum Gasteiger partial charge on any atom is 0.282 e. The third kappa shape index (κ3) is 4.28. The first-order valence-electron chi connectivity index (χ1n) is 8.91. The first kappa shape index (κ1) is 21.7. The van der Waals surface area contributed by atoms with Crippen molar-refractivity contribution in [3.05, 3.63) is 52.8 Å². The zero-order valence-electron chi connectivity index (χ0n) is 16.8. The topological polar surface area (TPSA) is 38.8 Å². The third-order valence-corrected chi connectivity index (χ3v) is 5.43. The van der Waals surface area contributed by atoms with Crippen molar-refractivity contribution >= 4 is 39.8 Å². The molecule has 1 aromatic rings. The Bertz CT molecular complexity index is 789. The lowest BCUT2D eigenvalue weighted by Gasteiger charge is -2.31. The highest BCUT2D eigenvalue weighted by molar-refractivity contribution is 8.22. The van der Waals surface area contributed by atoms with Gasteiger partial charge in [-0.1, -0.05) is 42.5 Å². The van der Waals surface area contributed by atoms with Gasteiger partial charge in [-0.05, 0) is 69.3 Å². The number of rotatable bonds is 6. The Morgan fingerprint density at radius 1 is 1.30 bits per heavy atom. The third-order valence-electron chi connectivity index (χ3n) is 4.38. The normalized spacial score (nSPS) is 16.1. The molecule has 4 nitrogen and oxygen atoms in total. The fourth-order valence-electron chi connectivity index (χ4n) is 3.40. The van der Waals surface area contributed by atoms with Crippen molar-refractivity contribution in [2.45, 2.75) is 47.1 Å². The van der Waals surface area contributed by atoms with Crippen molar-refractivity contribution in [1.29, 1.82) is 0 Å². The number of ether oxygens (including phenoxy) is 1. The van der Waals surface area contributed by atoms with E-state index in [0.717, 1.165) is 28.0 Å². The molecule has 0 unspecified atom stereocenters. The summed E-state index contributed by atoms with van der Waals surface area (Å²) in [7, 11) is 0. The van der Waals surface area contributed by atoms with Crippen molar-refractivity contribution in [2.24, 2.45) is 0 Å². The van der Waals surface area contributed by atoms with Crippen LogP contribution in [0.25, 0.3) is 5.57 Å². The molecule has 0 saturated heterocycles. The Kier molecular flexibility index (Phi) is 6.89. The van der Waals surface area contributed by atoms with Gasteiger partial charge in [0.1, 0.15) is 11.3 Å². The summed E-state index contributed by atoms with van der Waals surface area (Å²) in [4.78, 5) is 19.0. The van der Waals surface area contributed by atoms with Crippen LogP contribution in [0, 0.1) is 20.8 Å². The van der Waals surface area contributed by atoms with Crippen LogP contribution in [0.15, 0.2) is 30.5 Å². The number of hydrogen-bond donors (Lipinski definition) is 0. The number of hydrogen-bond acceptors (Lipinski definition) is 5. The van der Waals surface area contributed by atoms with Crippen LogP contribution in [0.1, 0.15) is 43.0 Å². The zero-order chi connectivity index (χ0) is 20.4. The van der Waals surface area contributed by atoms with Gasteiger partial charge < -0.3 is 4.74 Å². The van der Waals surface area contributed by atoms with Gasteiger partial charge in [0.05, 0.1) is 12.2 Å². The van der Waals surface area contributed by atoms with Gasteiger partial charge in [-0.3, -0.25) is 9.63 Å². The second-order valence-corrected chi connectivity index (χ2v) is 8.87. The lowest BCUT2D eigenvalue weighted by atomic mass is 9.91. The molecule has 6 heteroatoms. The number of benzene rings is 1. The number of hydroxylamine groups is 2. The molecule has 0 aliphatic carbocycles. The molecule has 1 aliphatic rings. The van der Waals surface area contributed by atoms with E-state index >= 15 is 0 Å². The van der Waals surface area contributed by atoms with Gasteiger partial charge in [-0.15, -0.1) is 6.58 Å². The number of thioether (sulfide) groups is 1. The quantitative estimate of drug-likeness (QED) is 0.485. The van der Waals surface area contributed by atoms with E-state index in [9.17, 15) is 4.79 Å². The standard InChI is InChI=1S/C21H27NO3S2/c1-8-10-24-22-19(23)17(16-14(4)11-13(3)12-15(16)5)18(21(22,6)7)25-20(26)27-9-2/h8,11-12H,1,9-10H2,2-7H3. The Balaban J connectivity index is 2.67. The molecule has 0 atom stereocenters. The number of aryl methyl sites for hydroxylation is 3. The number of amides is 1. The maximum atomic E-state index is 13.3. The average molecular weight is 406 g/mol.